The molecule has 1 aliphatic rings. The summed E-state index contributed by atoms with van der Waals surface area (Å²) in [5.41, 5.74) is 4.25. The highest BCUT2D eigenvalue weighted by molar-refractivity contribution is 5.99. The third-order valence-electron chi connectivity index (χ3n) is 6.41. The van der Waals surface area contributed by atoms with Crippen molar-refractivity contribution in [3.8, 4) is 17.0 Å². The Hall–Kier alpha value is -3.80. The van der Waals surface area contributed by atoms with Gasteiger partial charge in [-0.3, -0.25) is 4.79 Å². The molecule has 0 bridgehead atoms. The average molecular weight is 458 g/mol. The van der Waals surface area contributed by atoms with Crippen LogP contribution in [0.4, 0.5) is 0 Å². The highest BCUT2D eigenvalue weighted by atomic mass is 16.5. The van der Waals surface area contributed by atoms with Gasteiger partial charge in [0.1, 0.15) is 12.2 Å². The molecule has 0 radical (unpaired) electrons. The Morgan fingerprint density at radius 3 is 2.71 bits per heavy atom. The van der Waals surface area contributed by atoms with Crippen molar-refractivity contribution >= 4 is 16.9 Å². The van der Waals surface area contributed by atoms with Crippen LogP contribution in [0.1, 0.15) is 48.3 Å². The van der Waals surface area contributed by atoms with Crippen molar-refractivity contribution in [1.29, 1.82) is 0 Å². The SMILES string of the molecule is CCOC(=O)c1cn2c(cc1=O)-c1c(cc(OCc3ccccc3)c3occc13)CC2C(C)C. The first-order valence-electron chi connectivity index (χ1n) is 11.6. The number of hydrogen-bond donors (Lipinski definition) is 0. The van der Waals surface area contributed by atoms with Gasteiger partial charge in [-0.15, -0.1) is 0 Å². The van der Waals surface area contributed by atoms with E-state index in [1.165, 1.54) is 0 Å². The third kappa shape index (κ3) is 3.79. The van der Waals surface area contributed by atoms with E-state index in [0.717, 1.165) is 34.2 Å². The van der Waals surface area contributed by atoms with E-state index in [2.05, 4.69) is 18.4 Å². The van der Waals surface area contributed by atoms with Crippen molar-refractivity contribution in [3.05, 3.63) is 87.9 Å². The number of carbonyl (C=O) groups is 1. The van der Waals surface area contributed by atoms with Crippen molar-refractivity contribution in [2.24, 2.45) is 5.92 Å². The molecule has 1 atom stereocenters. The zero-order valence-corrected chi connectivity index (χ0v) is 19.5. The van der Waals surface area contributed by atoms with E-state index in [1.807, 2.05) is 42.5 Å². The lowest BCUT2D eigenvalue weighted by Crippen LogP contribution is -2.28. The van der Waals surface area contributed by atoms with Crippen LogP contribution in [0.25, 0.3) is 22.2 Å². The second-order valence-electron chi connectivity index (χ2n) is 8.93. The van der Waals surface area contributed by atoms with Gasteiger partial charge in [-0.2, -0.15) is 0 Å². The lowest BCUT2D eigenvalue weighted by molar-refractivity contribution is 0.0523. The van der Waals surface area contributed by atoms with E-state index in [-0.39, 0.29) is 29.6 Å². The summed E-state index contributed by atoms with van der Waals surface area (Å²) in [5, 5.41) is 0.889. The second-order valence-corrected chi connectivity index (χ2v) is 8.93. The zero-order chi connectivity index (χ0) is 23.8. The zero-order valence-electron chi connectivity index (χ0n) is 19.5. The summed E-state index contributed by atoms with van der Waals surface area (Å²) in [6.45, 7) is 6.67. The maximum Gasteiger partial charge on any atom is 0.343 e. The summed E-state index contributed by atoms with van der Waals surface area (Å²) in [5.74, 6) is 0.372. The van der Waals surface area contributed by atoms with Crippen LogP contribution in [0.5, 0.6) is 5.75 Å². The molecule has 6 heteroatoms. The Kier molecular flexibility index (Phi) is 5.74. The topological polar surface area (TPSA) is 70.7 Å². The van der Waals surface area contributed by atoms with Crippen LogP contribution in [-0.2, 0) is 17.8 Å². The fraction of sp³-hybridized carbons (Fsp3) is 0.286. The number of carbonyl (C=O) groups excluding carboxylic acids is 1. The van der Waals surface area contributed by atoms with Gasteiger partial charge >= 0.3 is 5.97 Å². The minimum absolute atomic E-state index is 0.0611. The summed E-state index contributed by atoms with van der Waals surface area (Å²) in [6, 6.07) is 15.6. The molecule has 0 spiro atoms. The van der Waals surface area contributed by atoms with Crippen molar-refractivity contribution in [3.63, 3.8) is 0 Å². The van der Waals surface area contributed by atoms with E-state index < -0.39 is 5.97 Å². The molecular weight excluding hydrogens is 430 g/mol. The molecular formula is C28H27NO5. The van der Waals surface area contributed by atoms with Crippen LogP contribution >= 0.6 is 0 Å². The Balaban J connectivity index is 1.65. The first-order valence-corrected chi connectivity index (χ1v) is 11.6. The van der Waals surface area contributed by atoms with Crippen LogP contribution in [0, 0.1) is 5.92 Å². The molecule has 0 N–H and O–H groups in total. The number of esters is 1. The maximum absolute atomic E-state index is 12.9. The summed E-state index contributed by atoms with van der Waals surface area (Å²) >= 11 is 0. The van der Waals surface area contributed by atoms with E-state index >= 15 is 0 Å². The molecule has 5 rings (SSSR count). The van der Waals surface area contributed by atoms with Gasteiger partial charge < -0.3 is 18.5 Å². The standard InChI is InChI=1S/C28H27NO5/c1-4-32-28(31)21-15-29-22(17(2)3)12-19-13-25(34-16-18-8-6-5-7-9-18)27-20(10-11-33-27)26(19)23(29)14-24(21)30/h5-11,13-15,17,22H,4,12,16H2,1-3H3. The van der Waals surface area contributed by atoms with Crippen LogP contribution in [0.15, 0.2) is 70.2 Å². The summed E-state index contributed by atoms with van der Waals surface area (Å²) < 4.78 is 19.2. The summed E-state index contributed by atoms with van der Waals surface area (Å²) in [4.78, 5) is 25.3. The van der Waals surface area contributed by atoms with Crippen LogP contribution < -0.4 is 10.2 Å². The van der Waals surface area contributed by atoms with Crippen LogP contribution in [0.2, 0.25) is 0 Å². The molecule has 0 saturated heterocycles. The molecule has 0 aliphatic carbocycles. The van der Waals surface area contributed by atoms with Gasteiger partial charge in [0, 0.05) is 29.3 Å². The van der Waals surface area contributed by atoms with E-state index in [4.69, 9.17) is 13.9 Å². The molecule has 0 amide bonds. The predicted molar refractivity (Wildman–Crippen MR) is 130 cm³/mol. The van der Waals surface area contributed by atoms with Gasteiger partial charge in [-0.1, -0.05) is 44.2 Å². The third-order valence-corrected chi connectivity index (χ3v) is 6.41. The van der Waals surface area contributed by atoms with Gasteiger partial charge in [-0.25, -0.2) is 4.79 Å². The van der Waals surface area contributed by atoms with Crippen LogP contribution in [0.3, 0.4) is 0 Å². The molecule has 1 unspecified atom stereocenters. The molecule has 3 heterocycles. The smallest absolute Gasteiger partial charge is 0.343 e. The predicted octanol–water partition coefficient (Wildman–Crippen LogP) is 5.77. The number of ether oxygens (including phenoxy) is 2. The lowest BCUT2D eigenvalue weighted by atomic mass is 9.85. The number of hydrogen-bond acceptors (Lipinski definition) is 5. The molecule has 2 aromatic heterocycles. The highest BCUT2D eigenvalue weighted by Gasteiger charge is 2.31. The lowest BCUT2D eigenvalue weighted by Gasteiger charge is -2.34. The minimum atomic E-state index is -0.589. The van der Waals surface area contributed by atoms with Gasteiger partial charge in [0.2, 0.25) is 0 Å². The van der Waals surface area contributed by atoms with E-state index in [1.54, 1.807) is 25.5 Å². The molecule has 174 valence electrons. The normalized spacial score (nSPS) is 14.6. The summed E-state index contributed by atoms with van der Waals surface area (Å²) in [7, 11) is 0. The molecule has 1 aliphatic heterocycles. The van der Waals surface area contributed by atoms with Crippen molar-refractivity contribution in [1.82, 2.24) is 4.57 Å². The monoisotopic (exact) mass is 457 g/mol. The summed E-state index contributed by atoms with van der Waals surface area (Å²) in [6.07, 6.45) is 4.05. The number of benzene rings is 2. The Bertz CT molecular complexity index is 1410. The first-order chi connectivity index (χ1) is 16.5. The van der Waals surface area contributed by atoms with Gasteiger partial charge in [0.25, 0.3) is 0 Å². The molecule has 0 saturated carbocycles. The molecule has 4 aromatic rings. The molecule has 34 heavy (non-hydrogen) atoms. The van der Waals surface area contributed by atoms with Gasteiger partial charge in [-0.05, 0) is 42.5 Å². The Morgan fingerprint density at radius 1 is 1.18 bits per heavy atom. The number of furan rings is 1. The number of pyridine rings is 1. The van der Waals surface area contributed by atoms with Crippen molar-refractivity contribution in [2.75, 3.05) is 6.61 Å². The molecule has 0 fully saturated rings. The molecule has 6 nitrogen and oxygen atoms in total. The van der Waals surface area contributed by atoms with Crippen molar-refractivity contribution < 1.29 is 18.7 Å². The van der Waals surface area contributed by atoms with Gasteiger partial charge in [0.15, 0.2) is 16.8 Å². The Labute approximate surface area is 197 Å². The average Bonchev–Trinajstić information content (AvgIpc) is 3.32. The number of fused-ring (bicyclic) bond motifs is 5. The molecule has 2 aromatic carbocycles. The van der Waals surface area contributed by atoms with E-state index in [0.29, 0.717) is 17.9 Å². The maximum atomic E-state index is 12.9. The Morgan fingerprint density at radius 2 is 1.97 bits per heavy atom. The quantitative estimate of drug-likeness (QED) is 0.344. The highest BCUT2D eigenvalue weighted by Crippen LogP contribution is 2.44. The fourth-order valence-electron chi connectivity index (χ4n) is 4.74. The van der Waals surface area contributed by atoms with E-state index in [9.17, 15) is 9.59 Å². The van der Waals surface area contributed by atoms with Gasteiger partial charge in [0.05, 0.1) is 18.6 Å². The number of rotatable bonds is 6. The minimum Gasteiger partial charge on any atom is -0.485 e. The van der Waals surface area contributed by atoms with Crippen LogP contribution in [-0.4, -0.2) is 17.1 Å². The fourth-order valence-corrected chi connectivity index (χ4v) is 4.74. The largest absolute Gasteiger partial charge is 0.485 e. The number of aromatic nitrogens is 1. The second kappa shape index (κ2) is 8.86. The first kappa shape index (κ1) is 22.0. The number of nitrogens with zero attached hydrogens (tertiary/aromatic N) is 1. The van der Waals surface area contributed by atoms with Crippen molar-refractivity contribution in [2.45, 2.75) is 39.8 Å².